The number of thiophene rings is 1. The second-order valence-corrected chi connectivity index (χ2v) is 5.54. The summed E-state index contributed by atoms with van der Waals surface area (Å²) >= 11 is 1.59. The number of nitrogens with zero attached hydrogens (tertiary/aromatic N) is 1. The Morgan fingerprint density at radius 3 is 2.88 bits per heavy atom. The van der Waals surface area contributed by atoms with Crippen LogP contribution in [-0.2, 0) is 4.74 Å². The number of hydrogen-bond acceptors (Lipinski definition) is 3. The molecule has 0 saturated carbocycles. The van der Waals surface area contributed by atoms with E-state index in [1.807, 2.05) is 24.8 Å². The van der Waals surface area contributed by atoms with E-state index < -0.39 is 0 Å². The van der Waals surface area contributed by atoms with Gasteiger partial charge in [-0.05, 0) is 32.4 Å². The number of carbonyl (C=O) groups is 1. The van der Waals surface area contributed by atoms with E-state index >= 15 is 0 Å². The Morgan fingerprint density at radius 2 is 2.31 bits per heavy atom. The summed E-state index contributed by atoms with van der Waals surface area (Å²) in [6.45, 7) is 8.16. The maximum absolute atomic E-state index is 12.2. The van der Waals surface area contributed by atoms with Gasteiger partial charge >= 0.3 is 0 Å². The smallest absolute Gasteiger partial charge is 0.264 e. The molecule has 0 spiro atoms. The van der Waals surface area contributed by atoms with E-state index in [9.17, 15) is 4.79 Å². The molecule has 4 heteroatoms. The fraction of sp³-hybridized carbons (Fsp3) is 0.583. The summed E-state index contributed by atoms with van der Waals surface area (Å²) in [5.74, 6) is 0.149. The van der Waals surface area contributed by atoms with E-state index in [4.69, 9.17) is 4.74 Å². The van der Waals surface area contributed by atoms with Crippen molar-refractivity contribution in [2.75, 3.05) is 19.7 Å². The minimum atomic E-state index is 0.149. The molecular weight excluding hydrogens is 222 g/mol. The Morgan fingerprint density at radius 1 is 1.56 bits per heavy atom. The van der Waals surface area contributed by atoms with Crippen molar-refractivity contribution in [1.29, 1.82) is 0 Å². The molecule has 2 heterocycles. The molecular formula is C12H17NO2S. The van der Waals surface area contributed by atoms with Crippen molar-refractivity contribution in [2.24, 2.45) is 0 Å². The lowest BCUT2D eigenvalue weighted by Gasteiger charge is -2.30. The van der Waals surface area contributed by atoms with Crippen molar-refractivity contribution < 1.29 is 9.53 Å². The van der Waals surface area contributed by atoms with Crippen LogP contribution >= 0.6 is 11.3 Å². The highest BCUT2D eigenvalue weighted by atomic mass is 32.1. The summed E-state index contributed by atoms with van der Waals surface area (Å²) in [6, 6.07) is 1.99. The predicted octanol–water partition coefficient (Wildman–Crippen LogP) is 2.23. The topological polar surface area (TPSA) is 29.5 Å². The average molecular weight is 239 g/mol. The Hall–Kier alpha value is -0.870. The molecule has 1 unspecified atom stereocenters. The van der Waals surface area contributed by atoms with Crippen LogP contribution in [0.3, 0.4) is 0 Å². The Labute approximate surface area is 100 Å². The monoisotopic (exact) mass is 239 g/mol. The summed E-state index contributed by atoms with van der Waals surface area (Å²) in [6.07, 6.45) is 0.153. The van der Waals surface area contributed by atoms with Crippen LogP contribution in [0, 0.1) is 13.8 Å². The van der Waals surface area contributed by atoms with Gasteiger partial charge in [0, 0.05) is 18.0 Å². The van der Waals surface area contributed by atoms with Crippen molar-refractivity contribution in [1.82, 2.24) is 4.90 Å². The minimum absolute atomic E-state index is 0.149. The molecule has 1 fully saturated rings. The van der Waals surface area contributed by atoms with E-state index in [-0.39, 0.29) is 12.0 Å². The van der Waals surface area contributed by atoms with E-state index in [0.29, 0.717) is 19.7 Å². The number of hydrogen-bond donors (Lipinski definition) is 0. The van der Waals surface area contributed by atoms with Crippen LogP contribution in [0.4, 0.5) is 0 Å². The zero-order valence-corrected chi connectivity index (χ0v) is 10.8. The van der Waals surface area contributed by atoms with E-state index in [1.54, 1.807) is 11.3 Å². The number of ether oxygens (including phenoxy) is 1. The summed E-state index contributed by atoms with van der Waals surface area (Å²) in [7, 11) is 0. The lowest BCUT2D eigenvalue weighted by Crippen LogP contribution is -2.44. The molecule has 1 saturated heterocycles. The first-order chi connectivity index (χ1) is 7.58. The highest BCUT2D eigenvalue weighted by Gasteiger charge is 2.23. The SMILES string of the molecule is Cc1cc(C(=O)N2CCOC(C)C2)sc1C. The Kier molecular flexibility index (Phi) is 3.30. The van der Waals surface area contributed by atoms with Crippen molar-refractivity contribution in [3.05, 3.63) is 21.4 Å². The number of amides is 1. The Bertz CT molecular complexity index is 380. The first-order valence-corrected chi connectivity index (χ1v) is 6.37. The van der Waals surface area contributed by atoms with Gasteiger partial charge in [-0.25, -0.2) is 0 Å². The Balaban J connectivity index is 2.12. The van der Waals surface area contributed by atoms with E-state index in [2.05, 4.69) is 6.92 Å². The molecule has 1 aromatic heterocycles. The van der Waals surface area contributed by atoms with Crippen molar-refractivity contribution in [3.63, 3.8) is 0 Å². The molecule has 1 amide bonds. The first-order valence-electron chi connectivity index (χ1n) is 5.56. The lowest BCUT2D eigenvalue weighted by molar-refractivity contribution is -0.0122. The number of carbonyl (C=O) groups excluding carboxylic acids is 1. The maximum Gasteiger partial charge on any atom is 0.264 e. The molecule has 3 nitrogen and oxygen atoms in total. The molecule has 1 aliphatic heterocycles. The van der Waals surface area contributed by atoms with Crippen molar-refractivity contribution in [3.8, 4) is 0 Å². The third-order valence-electron chi connectivity index (χ3n) is 2.91. The molecule has 0 bridgehead atoms. The van der Waals surface area contributed by atoms with Crippen LogP contribution in [0.5, 0.6) is 0 Å². The highest BCUT2D eigenvalue weighted by molar-refractivity contribution is 7.14. The molecule has 0 aliphatic carbocycles. The molecule has 0 radical (unpaired) electrons. The second kappa shape index (κ2) is 4.55. The van der Waals surface area contributed by atoms with Gasteiger partial charge in [0.15, 0.2) is 0 Å². The van der Waals surface area contributed by atoms with Crippen LogP contribution in [-0.4, -0.2) is 36.6 Å². The summed E-state index contributed by atoms with van der Waals surface area (Å²) in [5, 5.41) is 0. The maximum atomic E-state index is 12.2. The minimum Gasteiger partial charge on any atom is -0.375 e. The van der Waals surface area contributed by atoms with Crippen LogP contribution in [0.2, 0.25) is 0 Å². The molecule has 16 heavy (non-hydrogen) atoms. The molecule has 0 aromatic carbocycles. The summed E-state index contributed by atoms with van der Waals surface area (Å²) in [4.78, 5) is 16.2. The molecule has 88 valence electrons. The standard InChI is InChI=1S/C12H17NO2S/c1-8-6-11(16-10(8)3)12(14)13-4-5-15-9(2)7-13/h6,9H,4-5,7H2,1-3H3. The molecule has 2 rings (SSSR count). The number of rotatable bonds is 1. The van der Waals surface area contributed by atoms with Gasteiger partial charge in [0.05, 0.1) is 17.6 Å². The first kappa shape index (κ1) is 11.6. The summed E-state index contributed by atoms with van der Waals surface area (Å²) < 4.78 is 5.43. The molecule has 0 N–H and O–H groups in total. The van der Waals surface area contributed by atoms with Gasteiger partial charge in [-0.1, -0.05) is 0 Å². The number of morpholine rings is 1. The van der Waals surface area contributed by atoms with Crippen LogP contribution in [0.25, 0.3) is 0 Å². The molecule has 1 aliphatic rings. The van der Waals surface area contributed by atoms with Gasteiger partial charge in [-0.3, -0.25) is 4.79 Å². The van der Waals surface area contributed by atoms with Gasteiger partial charge < -0.3 is 9.64 Å². The van der Waals surface area contributed by atoms with Crippen molar-refractivity contribution >= 4 is 17.2 Å². The van der Waals surface area contributed by atoms with Crippen LogP contribution in [0.1, 0.15) is 27.0 Å². The van der Waals surface area contributed by atoms with Gasteiger partial charge in [-0.15, -0.1) is 11.3 Å². The fourth-order valence-corrected chi connectivity index (χ4v) is 2.84. The van der Waals surface area contributed by atoms with Crippen LogP contribution in [0.15, 0.2) is 6.07 Å². The lowest BCUT2D eigenvalue weighted by atomic mass is 10.2. The second-order valence-electron chi connectivity index (χ2n) is 4.28. The van der Waals surface area contributed by atoms with E-state index in [0.717, 1.165) is 4.88 Å². The zero-order valence-electron chi connectivity index (χ0n) is 9.95. The summed E-state index contributed by atoms with van der Waals surface area (Å²) in [5.41, 5.74) is 1.20. The zero-order chi connectivity index (χ0) is 11.7. The van der Waals surface area contributed by atoms with Gasteiger partial charge in [-0.2, -0.15) is 0 Å². The van der Waals surface area contributed by atoms with Gasteiger partial charge in [0.2, 0.25) is 0 Å². The van der Waals surface area contributed by atoms with Crippen molar-refractivity contribution in [2.45, 2.75) is 26.9 Å². The predicted molar refractivity (Wildman–Crippen MR) is 65.1 cm³/mol. The average Bonchev–Trinajstić information content (AvgIpc) is 2.58. The third-order valence-corrected chi connectivity index (χ3v) is 4.05. The van der Waals surface area contributed by atoms with Crippen LogP contribution < -0.4 is 0 Å². The van der Waals surface area contributed by atoms with Gasteiger partial charge in [0.1, 0.15) is 0 Å². The van der Waals surface area contributed by atoms with Gasteiger partial charge in [0.25, 0.3) is 5.91 Å². The largest absolute Gasteiger partial charge is 0.375 e. The molecule has 1 atom stereocenters. The highest BCUT2D eigenvalue weighted by Crippen LogP contribution is 2.22. The molecule has 1 aromatic rings. The normalized spacial score (nSPS) is 21.2. The quantitative estimate of drug-likeness (QED) is 0.752. The fourth-order valence-electron chi connectivity index (χ4n) is 1.84. The third kappa shape index (κ3) is 2.28. The number of aryl methyl sites for hydroxylation is 2. The van der Waals surface area contributed by atoms with E-state index in [1.165, 1.54) is 10.4 Å².